The summed E-state index contributed by atoms with van der Waals surface area (Å²) in [7, 11) is 0. The van der Waals surface area contributed by atoms with Crippen LogP contribution in [0.2, 0.25) is 5.02 Å². The summed E-state index contributed by atoms with van der Waals surface area (Å²) in [5, 5.41) is 8.21. The molecular formula is C11H20ClN3. The van der Waals surface area contributed by atoms with Crippen LogP contribution in [0.5, 0.6) is 0 Å². The van der Waals surface area contributed by atoms with Crippen LogP contribution in [0.4, 0.5) is 0 Å². The van der Waals surface area contributed by atoms with Gasteiger partial charge in [0.1, 0.15) is 0 Å². The Balaban J connectivity index is 1.93. The van der Waals surface area contributed by atoms with Crippen molar-refractivity contribution in [2.75, 3.05) is 13.1 Å². The zero-order valence-electron chi connectivity index (χ0n) is 9.38. The van der Waals surface area contributed by atoms with Crippen molar-refractivity contribution in [1.29, 1.82) is 0 Å². The molecule has 1 aromatic heterocycles. The van der Waals surface area contributed by atoms with Gasteiger partial charge in [0, 0.05) is 12.7 Å². The molecule has 0 aliphatic carbocycles. The predicted octanol–water partition coefficient (Wildman–Crippen LogP) is 2.71. The Labute approximate surface area is 96.8 Å². The molecular weight excluding hydrogens is 210 g/mol. The Morgan fingerprint density at radius 3 is 2.87 bits per heavy atom. The van der Waals surface area contributed by atoms with Gasteiger partial charge in [-0.1, -0.05) is 37.8 Å². The number of halogens is 1. The van der Waals surface area contributed by atoms with E-state index in [2.05, 4.69) is 17.3 Å². The van der Waals surface area contributed by atoms with Gasteiger partial charge in [-0.3, -0.25) is 4.68 Å². The lowest BCUT2D eigenvalue weighted by Gasteiger charge is -2.04. The number of nitrogens with zero attached hydrogens (tertiary/aromatic N) is 2. The van der Waals surface area contributed by atoms with Gasteiger partial charge in [0.05, 0.1) is 17.8 Å². The molecule has 1 heterocycles. The summed E-state index contributed by atoms with van der Waals surface area (Å²) >= 11 is 5.75. The molecule has 0 radical (unpaired) electrons. The van der Waals surface area contributed by atoms with E-state index in [0.717, 1.165) is 19.6 Å². The van der Waals surface area contributed by atoms with Gasteiger partial charge in [0.25, 0.3) is 0 Å². The maximum atomic E-state index is 5.75. The maximum Gasteiger partial charge on any atom is 0.0785 e. The number of rotatable bonds is 8. The number of nitrogens with one attached hydrogen (secondary N) is 1. The molecule has 0 atom stereocenters. The van der Waals surface area contributed by atoms with E-state index in [9.17, 15) is 0 Å². The summed E-state index contributed by atoms with van der Waals surface area (Å²) in [6.45, 7) is 5.19. The van der Waals surface area contributed by atoms with Gasteiger partial charge in [-0.05, 0) is 13.0 Å². The third-order valence-corrected chi connectivity index (χ3v) is 2.52. The monoisotopic (exact) mass is 229 g/mol. The first kappa shape index (κ1) is 12.5. The second-order valence-corrected chi connectivity index (χ2v) is 4.17. The van der Waals surface area contributed by atoms with Gasteiger partial charge in [0.15, 0.2) is 0 Å². The van der Waals surface area contributed by atoms with Crippen LogP contribution in [0, 0.1) is 0 Å². The number of hydrogen-bond acceptors (Lipinski definition) is 2. The molecule has 0 aliphatic rings. The lowest BCUT2D eigenvalue weighted by atomic mass is 10.2. The van der Waals surface area contributed by atoms with Gasteiger partial charge < -0.3 is 5.32 Å². The highest BCUT2D eigenvalue weighted by atomic mass is 35.5. The van der Waals surface area contributed by atoms with Crippen molar-refractivity contribution < 1.29 is 0 Å². The van der Waals surface area contributed by atoms with Crippen LogP contribution in [-0.4, -0.2) is 22.9 Å². The van der Waals surface area contributed by atoms with Gasteiger partial charge in [-0.15, -0.1) is 0 Å². The minimum absolute atomic E-state index is 0.706. The topological polar surface area (TPSA) is 29.9 Å². The molecule has 86 valence electrons. The minimum atomic E-state index is 0.706. The quantitative estimate of drug-likeness (QED) is 0.695. The standard InChI is InChI=1S/C11H20ClN3/c1-2-3-4-5-6-13-7-8-15-10-11(12)9-14-15/h9-10,13H,2-8H2,1H3. The largest absolute Gasteiger partial charge is 0.315 e. The number of hydrogen-bond donors (Lipinski definition) is 1. The highest BCUT2D eigenvalue weighted by molar-refractivity contribution is 6.30. The van der Waals surface area contributed by atoms with Crippen molar-refractivity contribution in [3.05, 3.63) is 17.4 Å². The van der Waals surface area contributed by atoms with Crippen LogP contribution in [0.1, 0.15) is 32.6 Å². The number of unbranched alkanes of at least 4 members (excludes halogenated alkanes) is 3. The molecule has 0 bridgehead atoms. The Morgan fingerprint density at radius 1 is 1.33 bits per heavy atom. The highest BCUT2D eigenvalue weighted by Gasteiger charge is 1.94. The van der Waals surface area contributed by atoms with Crippen molar-refractivity contribution >= 4 is 11.6 Å². The summed E-state index contributed by atoms with van der Waals surface area (Å²) in [4.78, 5) is 0. The maximum absolute atomic E-state index is 5.75. The van der Waals surface area contributed by atoms with Crippen LogP contribution in [0.15, 0.2) is 12.4 Å². The zero-order chi connectivity index (χ0) is 10.9. The first-order chi connectivity index (χ1) is 7.33. The molecule has 0 unspecified atom stereocenters. The van der Waals surface area contributed by atoms with Gasteiger partial charge in [0.2, 0.25) is 0 Å². The van der Waals surface area contributed by atoms with Crippen molar-refractivity contribution in [3.8, 4) is 0 Å². The Morgan fingerprint density at radius 2 is 2.20 bits per heavy atom. The lowest BCUT2D eigenvalue weighted by molar-refractivity contribution is 0.535. The summed E-state index contributed by atoms with van der Waals surface area (Å²) < 4.78 is 1.86. The van der Waals surface area contributed by atoms with Gasteiger partial charge in [-0.25, -0.2) is 0 Å². The van der Waals surface area contributed by atoms with Gasteiger partial charge in [-0.2, -0.15) is 5.10 Å². The smallest absolute Gasteiger partial charge is 0.0785 e. The predicted molar refractivity (Wildman–Crippen MR) is 64.2 cm³/mol. The molecule has 15 heavy (non-hydrogen) atoms. The van der Waals surface area contributed by atoms with Crippen molar-refractivity contribution in [3.63, 3.8) is 0 Å². The molecule has 0 saturated heterocycles. The Hall–Kier alpha value is -0.540. The summed E-state index contributed by atoms with van der Waals surface area (Å²) in [6.07, 6.45) is 8.76. The summed E-state index contributed by atoms with van der Waals surface area (Å²) in [5.74, 6) is 0. The van der Waals surface area contributed by atoms with Crippen LogP contribution in [0.25, 0.3) is 0 Å². The second kappa shape index (κ2) is 7.71. The van der Waals surface area contributed by atoms with Crippen molar-refractivity contribution in [1.82, 2.24) is 15.1 Å². The van der Waals surface area contributed by atoms with E-state index in [1.54, 1.807) is 6.20 Å². The van der Waals surface area contributed by atoms with E-state index >= 15 is 0 Å². The first-order valence-electron chi connectivity index (χ1n) is 5.71. The van der Waals surface area contributed by atoms with Gasteiger partial charge >= 0.3 is 0 Å². The fourth-order valence-corrected chi connectivity index (χ4v) is 1.61. The fourth-order valence-electron chi connectivity index (χ4n) is 1.46. The zero-order valence-corrected chi connectivity index (χ0v) is 10.1. The molecule has 1 rings (SSSR count). The molecule has 4 heteroatoms. The van der Waals surface area contributed by atoms with E-state index in [0.29, 0.717) is 5.02 Å². The molecule has 0 spiro atoms. The van der Waals surface area contributed by atoms with E-state index in [4.69, 9.17) is 11.6 Å². The molecule has 1 aromatic rings. The van der Waals surface area contributed by atoms with Crippen LogP contribution >= 0.6 is 11.6 Å². The summed E-state index contributed by atoms with van der Waals surface area (Å²) in [5.41, 5.74) is 0. The molecule has 0 fully saturated rings. The lowest BCUT2D eigenvalue weighted by Crippen LogP contribution is -2.21. The Bertz CT molecular complexity index is 260. The average Bonchev–Trinajstić information content (AvgIpc) is 2.63. The first-order valence-corrected chi connectivity index (χ1v) is 6.09. The third kappa shape index (κ3) is 5.80. The molecule has 0 aliphatic heterocycles. The average molecular weight is 230 g/mol. The van der Waals surface area contributed by atoms with Crippen molar-refractivity contribution in [2.45, 2.75) is 39.2 Å². The van der Waals surface area contributed by atoms with Crippen LogP contribution < -0.4 is 5.32 Å². The van der Waals surface area contributed by atoms with Crippen LogP contribution in [0.3, 0.4) is 0 Å². The second-order valence-electron chi connectivity index (χ2n) is 3.73. The van der Waals surface area contributed by atoms with Crippen LogP contribution in [-0.2, 0) is 6.54 Å². The van der Waals surface area contributed by atoms with E-state index in [-0.39, 0.29) is 0 Å². The third-order valence-electron chi connectivity index (χ3n) is 2.33. The highest BCUT2D eigenvalue weighted by Crippen LogP contribution is 2.03. The summed E-state index contributed by atoms with van der Waals surface area (Å²) in [6, 6.07) is 0. The molecule has 3 nitrogen and oxygen atoms in total. The Kier molecular flexibility index (Phi) is 6.44. The molecule has 0 saturated carbocycles. The molecule has 0 aromatic carbocycles. The normalized spacial score (nSPS) is 10.8. The SMILES string of the molecule is CCCCCCNCCn1cc(Cl)cn1. The van der Waals surface area contributed by atoms with E-state index in [1.807, 2.05) is 10.9 Å². The number of aromatic nitrogens is 2. The van der Waals surface area contributed by atoms with Crippen molar-refractivity contribution in [2.24, 2.45) is 0 Å². The van der Waals surface area contributed by atoms with E-state index < -0.39 is 0 Å². The fraction of sp³-hybridized carbons (Fsp3) is 0.727. The molecule has 0 amide bonds. The van der Waals surface area contributed by atoms with E-state index in [1.165, 1.54) is 25.7 Å². The minimum Gasteiger partial charge on any atom is -0.315 e. The molecule has 1 N–H and O–H groups in total.